The number of nitrogens with zero attached hydrogens (tertiary/aromatic N) is 1. The fourth-order valence-electron chi connectivity index (χ4n) is 3.89. The highest BCUT2D eigenvalue weighted by Crippen LogP contribution is 2.30. The first-order valence-corrected chi connectivity index (χ1v) is 10.9. The minimum absolute atomic E-state index is 0.0892. The second-order valence-electron chi connectivity index (χ2n) is 7.99. The van der Waals surface area contributed by atoms with Crippen LogP contribution in [0.3, 0.4) is 0 Å². The lowest BCUT2D eigenvalue weighted by molar-refractivity contribution is 0.0954. The van der Waals surface area contributed by atoms with Crippen molar-refractivity contribution in [3.05, 3.63) is 45.1 Å². The molecule has 148 valence electrons. The average molecular weight is 398 g/mol. The van der Waals surface area contributed by atoms with Gasteiger partial charge in [0.2, 0.25) is 0 Å². The minimum Gasteiger partial charge on any atom is -0.351 e. The molecule has 28 heavy (non-hydrogen) atoms. The van der Waals surface area contributed by atoms with Crippen molar-refractivity contribution in [2.75, 3.05) is 26.2 Å². The third-order valence-electron chi connectivity index (χ3n) is 5.68. The molecular weight excluding hydrogens is 370 g/mol. The summed E-state index contributed by atoms with van der Waals surface area (Å²) in [5.74, 6) is 0.751. The Labute approximate surface area is 168 Å². The van der Waals surface area contributed by atoms with E-state index in [1.165, 1.54) is 37.3 Å². The molecule has 0 bridgehead atoms. The average Bonchev–Trinajstić information content (AvgIpc) is 3.14. The van der Waals surface area contributed by atoms with Crippen molar-refractivity contribution in [1.29, 1.82) is 0 Å². The number of nitrogens with one attached hydrogen (secondary N) is 2. The van der Waals surface area contributed by atoms with Gasteiger partial charge >= 0.3 is 0 Å². The van der Waals surface area contributed by atoms with Crippen molar-refractivity contribution in [3.63, 3.8) is 0 Å². The van der Waals surface area contributed by atoms with Crippen LogP contribution in [0.2, 0.25) is 0 Å². The highest BCUT2D eigenvalue weighted by molar-refractivity contribution is 7.21. The van der Waals surface area contributed by atoms with Gasteiger partial charge in [0.15, 0.2) is 0 Å². The molecule has 1 aliphatic rings. The van der Waals surface area contributed by atoms with Crippen LogP contribution in [0.4, 0.5) is 0 Å². The molecule has 0 spiro atoms. The monoisotopic (exact) mass is 397 g/mol. The van der Waals surface area contributed by atoms with Gasteiger partial charge in [0.1, 0.15) is 0 Å². The van der Waals surface area contributed by atoms with Crippen molar-refractivity contribution in [1.82, 2.24) is 15.2 Å². The largest absolute Gasteiger partial charge is 0.351 e. The molecule has 1 aromatic carbocycles. The van der Waals surface area contributed by atoms with Crippen LogP contribution in [-0.4, -0.2) is 42.0 Å². The van der Waals surface area contributed by atoms with Crippen LogP contribution in [0.25, 0.3) is 21.0 Å². The lowest BCUT2D eigenvalue weighted by Crippen LogP contribution is -2.35. The fourth-order valence-corrected chi connectivity index (χ4v) is 5.00. The number of likely N-dealkylation sites (tertiary alicyclic amines) is 1. The number of piperidine rings is 1. The number of hydrogen-bond acceptors (Lipinski definition) is 4. The number of pyridine rings is 1. The van der Waals surface area contributed by atoms with Crippen molar-refractivity contribution >= 4 is 38.2 Å². The van der Waals surface area contributed by atoms with Crippen LogP contribution in [0, 0.1) is 12.8 Å². The zero-order chi connectivity index (χ0) is 19.7. The first-order chi connectivity index (χ1) is 13.5. The summed E-state index contributed by atoms with van der Waals surface area (Å²) in [6.07, 6.45) is 3.50. The first-order valence-electron chi connectivity index (χ1n) is 10.1. The van der Waals surface area contributed by atoms with E-state index in [0.29, 0.717) is 16.8 Å². The summed E-state index contributed by atoms with van der Waals surface area (Å²) in [7, 11) is 0. The predicted molar refractivity (Wildman–Crippen MR) is 116 cm³/mol. The number of fused-ring (bicyclic) bond motifs is 3. The van der Waals surface area contributed by atoms with Crippen molar-refractivity contribution in [2.45, 2.75) is 33.1 Å². The zero-order valence-corrected chi connectivity index (χ0v) is 17.3. The summed E-state index contributed by atoms with van der Waals surface area (Å²) >= 11 is 1.40. The molecule has 3 aromatic rings. The Hall–Kier alpha value is -2.18. The van der Waals surface area contributed by atoms with E-state index < -0.39 is 0 Å². The van der Waals surface area contributed by atoms with Crippen LogP contribution in [0.15, 0.2) is 29.1 Å². The maximum Gasteiger partial charge on any atom is 0.261 e. The second-order valence-corrected chi connectivity index (χ2v) is 9.04. The summed E-state index contributed by atoms with van der Waals surface area (Å²) in [5, 5.41) is 4.61. The van der Waals surface area contributed by atoms with E-state index in [9.17, 15) is 9.59 Å². The number of carbonyl (C=O) groups is 1. The Morgan fingerprint density at radius 3 is 2.82 bits per heavy atom. The van der Waals surface area contributed by atoms with Gasteiger partial charge in [-0.1, -0.05) is 18.6 Å². The molecule has 5 nitrogen and oxygen atoms in total. The Kier molecular flexibility index (Phi) is 5.51. The summed E-state index contributed by atoms with van der Waals surface area (Å²) < 4.78 is 0.884. The van der Waals surface area contributed by atoms with Gasteiger partial charge in [-0.05, 0) is 69.9 Å². The van der Waals surface area contributed by atoms with Crippen molar-refractivity contribution < 1.29 is 4.79 Å². The smallest absolute Gasteiger partial charge is 0.261 e. The number of aromatic nitrogens is 1. The number of thiophene rings is 1. The molecule has 3 heterocycles. The third kappa shape index (κ3) is 3.98. The predicted octanol–water partition coefficient (Wildman–Crippen LogP) is 3.90. The van der Waals surface area contributed by atoms with E-state index in [4.69, 9.17) is 0 Å². The normalized spacial score (nSPS) is 16.1. The first kappa shape index (κ1) is 19.2. The topological polar surface area (TPSA) is 65.2 Å². The van der Waals surface area contributed by atoms with E-state index >= 15 is 0 Å². The summed E-state index contributed by atoms with van der Waals surface area (Å²) in [4.78, 5) is 31.0. The van der Waals surface area contributed by atoms with Gasteiger partial charge in [-0.3, -0.25) is 9.59 Å². The van der Waals surface area contributed by atoms with Crippen LogP contribution < -0.4 is 10.9 Å². The number of benzene rings is 1. The van der Waals surface area contributed by atoms with E-state index in [1.807, 2.05) is 19.1 Å². The summed E-state index contributed by atoms with van der Waals surface area (Å²) in [6.45, 7) is 8.37. The van der Waals surface area contributed by atoms with E-state index in [1.54, 1.807) is 6.07 Å². The van der Waals surface area contributed by atoms with E-state index in [2.05, 4.69) is 28.2 Å². The van der Waals surface area contributed by atoms with Gasteiger partial charge in [0, 0.05) is 22.1 Å². The standard InChI is InChI=1S/C22H27N3O2S/c1-14-6-10-25(11-7-14)9-3-8-23-22(27)19-13-17-20(28-19)16-12-15(2)4-5-18(16)24-21(17)26/h4-5,12-14H,3,6-11H2,1-2H3,(H,23,27)(H,24,26). The summed E-state index contributed by atoms with van der Waals surface area (Å²) in [5.41, 5.74) is 1.81. The lowest BCUT2D eigenvalue weighted by atomic mass is 9.99. The van der Waals surface area contributed by atoms with Crippen LogP contribution in [-0.2, 0) is 0 Å². The molecule has 2 aromatic heterocycles. The Morgan fingerprint density at radius 2 is 2.04 bits per heavy atom. The van der Waals surface area contributed by atoms with Gasteiger partial charge in [0.25, 0.3) is 11.5 Å². The molecule has 0 aliphatic carbocycles. The highest BCUT2D eigenvalue weighted by atomic mass is 32.1. The van der Waals surface area contributed by atoms with Crippen molar-refractivity contribution in [2.24, 2.45) is 5.92 Å². The van der Waals surface area contributed by atoms with Gasteiger partial charge < -0.3 is 15.2 Å². The lowest BCUT2D eigenvalue weighted by Gasteiger charge is -2.30. The number of hydrogen-bond donors (Lipinski definition) is 2. The Bertz CT molecular complexity index is 1060. The van der Waals surface area contributed by atoms with Gasteiger partial charge in [-0.2, -0.15) is 0 Å². The molecule has 6 heteroatoms. The molecule has 1 aliphatic heterocycles. The Morgan fingerprint density at radius 1 is 1.25 bits per heavy atom. The molecule has 0 radical (unpaired) electrons. The molecule has 4 rings (SSSR count). The SMILES string of the molecule is Cc1ccc2[nH]c(=O)c3cc(C(=O)NCCCN4CCC(C)CC4)sc3c2c1. The number of aryl methyl sites for hydroxylation is 1. The second kappa shape index (κ2) is 8.05. The van der Waals surface area contributed by atoms with Crippen LogP contribution in [0.5, 0.6) is 0 Å². The number of amides is 1. The molecule has 1 fully saturated rings. The molecule has 1 amide bonds. The van der Waals surface area contributed by atoms with E-state index in [-0.39, 0.29) is 11.5 Å². The number of aromatic amines is 1. The minimum atomic E-state index is -0.138. The number of carbonyl (C=O) groups excluding carboxylic acids is 1. The molecule has 0 saturated carbocycles. The van der Waals surface area contributed by atoms with Gasteiger partial charge in [-0.25, -0.2) is 0 Å². The molecule has 0 unspecified atom stereocenters. The van der Waals surface area contributed by atoms with Gasteiger partial charge in [0.05, 0.1) is 10.3 Å². The highest BCUT2D eigenvalue weighted by Gasteiger charge is 2.16. The fraction of sp³-hybridized carbons (Fsp3) is 0.455. The van der Waals surface area contributed by atoms with E-state index in [0.717, 1.165) is 40.0 Å². The van der Waals surface area contributed by atoms with Crippen molar-refractivity contribution in [3.8, 4) is 0 Å². The molecule has 1 saturated heterocycles. The van der Waals surface area contributed by atoms with Gasteiger partial charge in [-0.15, -0.1) is 11.3 Å². The quantitative estimate of drug-likeness (QED) is 0.642. The maximum atomic E-state index is 12.6. The zero-order valence-electron chi connectivity index (χ0n) is 16.5. The van der Waals surface area contributed by atoms with Crippen LogP contribution in [0.1, 0.15) is 41.4 Å². The maximum absolute atomic E-state index is 12.6. The number of H-pyrrole nitrogens is 1. The van der Waals surface area contributed by atoms with Crippen LogP contribution >= 0.6 is 11.3 Å². The summed E-state index contributed by atoms with van der Waals surface area (Å²) in [6, 6.07) is 7.69. The molecule has 2 N–H and O–H groups in total. The third-order valence-corrected chi connectivity index (χ3v) is 6.85. The number of rotatable bonds is 5. The molecular formula is C22H27N3O2S. The Balaban J connectivity index is 1.43. The molecule has 0 atom stereocenters.